The van der Waals surface area contributed by atoms with Crippen molar-refractivity contribution < 1.29 is 23.8 Å². The van der Waals surface area contributed by atoms with Crippen LogP contribution in [0.25, 0.3) is 5.76 Å². The molecule has 7 heteroatoms. The molecular weight excluding hydrogens is 348 g/mol. The number of carbonyl (C=O) groups excluding carboxylic acids is 2. The monoisotopic (exact) mass is 370 g/mol. The number of methoxy groups -OCH3 is 1. The van der Waals surface area contributed by atoms with Crippen LogP contribution in [0.2, 0.25) is 0 Å². The number of carbonyl (C=O) groups is 2. The molecular formula is C20H22N2O5. The fraction of sp³-hybridized carbons (Fsp3) is 0.300. The number of ether oxygens (including phenoxy) is 1. The molecule has 1 aromatic heterocycles. The van der Waals surface area contributed by atoms with Crippen molar-refractivity contribution in [2.75, 3.05) is 34.3 Å². The van der Waals surface area contributed by atoms with E-state index in [1.54, 1.807) is 36.4 Å². The zero-order chi connectivity index (χ0) is 19.6. The molecule has 3 rings (SSSR count). The number of likely N-dealkylation sites (tertiary alicyclic amines) is 1. The van der Waals surface area contributed by atoms with Gasteiger partial charge in [0.25, 0.3) is 11.7 Å². The minimum absolute atomic E-state index is 0.0157. The van der Waals surface area contributed by atoms with Gasteiger partial charge < -0.3 is 24.1 Å². The van der Waals surface area contributed by atoms with E-state index >= 15 is 0 Å². The summed E-state index contributed by atoms with van der Waals surface area (Å²) in [4.78, 5) is 28.7. The van der Waals surface area contributed by atoms with Crippen LogP contribution < -0.4 is 4.74 Å². The second-order valence-corrected chi connectivity index (χ2v) is 6.54. The van der Waals surface area contributed by atoms with Crippen molar-refractivity contribution in [2.45, 2.75) is 6.04 Å². The molecule has 1 N–H and O–H groups in total. The summed E-state index contributed by atoms with van der Waals surface area (Å²) in [7, 11) is 5.28. The van der Waals surface area contributed by atoms with Crippen molar-refractivity contribution in [3.63, 3.8) is 0 Å². The van der Waals surface area contributed by atoms with E-state index in [-0.39, 0.29) is 11.3 Å². The molecule has 27 heavy (non-hydrogen) atoms. The SMILES string of the molecule is COc1cccc(/C(O)=C2\C(=O)C(=O)N(CCN(C)C)C2c2ccco2)c1. The Labute approximate surface area is 157 Å². The molecule has 0 saturated carbocycles. The number of rotatable bonds is 6. The van der Waals surface area contributed by atoms with Gasteiger partial charge in [-0.15, -0.1) is 0 Å². The number of hydrogen-bond acceptors (Lipinski definition) is 6. The smallest absolute Gasteiger partial charge is 0.295 e. The third-order valence-electron chi connectivity index (χ3n) is 4.48. The molecule has 7 nitrogen and oxygen atoms in total. The molecule has 0 bridgehead atoms. The minimum atomic E-state index is -0.772. The van der Waals surface area contributed by atoms with Crippen molar-refractivity contribution in [1.82, 2.24) is 9.80 Å². The van der Waals surface area contributed by atoms with Crippen LogP contribution in [0.15, 0.2) is 52.7 Å². The second kappa shape index (κ2) is 7.67. The first kappa shape index (κ1) is 18.7. The van der Waals surface area contributed by atoms with Gasteiger partial charge in [0.05, 0.1) is 18.9 Å². The lowest BCUT2D eigenvalue weighted by Gasteiger charge is -2.24. The molecule has 0 spiro atoms. The topological polar surface area (TPSA) is 83.2 Å². The average molecular weight is 370 g/mol. The highest BCUT2D eigenvalue weighted by Gasteiger charge is 2.47. The molecule has 1 unspecified atom stereocenters. The lowest BCUT2D eigenvalue weighted by molar-refractivity contribution is -0.140. The Kier molecular flexibility index (Phi) is 5.32. The molecule has 0 aliphatic carbocycles. The lowest BCUT2D eigenvalue weighted by Crippen LogP contribution is -2.35. The summed E-state index contributed by atoms with van der Waals surface area (Å²) in [5.74, 6) is -0.660. The summed E-state index contributed by atoms with van der Waals surface area (Å²) in [6.07, 6.45) is 1.48. The third kappa shape index (κ3) is 3.59. The Morgan fingerprint density at radius 2 is 2.04 bits per heavy atom. The van der Waals surface area contributed by atoms with Crippen LogP contribution in [0, 0.1) is 0 Å². The standard InChI is InChI=1S/C20H22N2O5/c1-21(2)9-10-22-17(15-8-5-11-27-15)16(19(24)20(22)25)18(23)13-6-4-7-14(12-13)26-3/h4-8,11-12,17,23H,9-10H2,1-3H3/b18-16+. The van der Waals surface area contributed by atoms with E-state index in [2.05, 4.69) is 0 Å². The highest BCUT2D eigenvalue weighted by Crippen LogP contribution is 2.39. The second-order valence-electron chi connectivity index (χ2n) is 6.54. The lowest BCUT2D eigenvalue weighted by atomic mass is 9.99. The van der Waals surface area contributed by atoms with Gasteiger partial charge in [0, 0.05) is 18.7 Å². The van der Waals surface area contributed by atoms with Crippen molar-refractivity contribution in [2.24, 2.45) is 0 Å². The summed E-state index contributed by atoms with van der Waals surface area (Å²) >= 11 is 0. The van der Waals surface area contributed by atoms with E-state index < -0.39 is 17.7 Å². The number of benzene rings is 1. The Morgan fingerprint density at radius 1 is 1.26 bits per heavy atom. The molecule has 1 aliphatic rings. The van der Waals surface area contributed by atoms with E-state index in [4.69, 9.17) is 9.15 Å². The van der Waals surface area contributed by atoms with Crippen LogP contribution in [0.5, 0.6) is 5.75 Å². The number of ketones is 1. The van der Waals surface area contributed by atoms with Gasteiger partial charge in [-0.3, -0.25) is 9.59 Å². The van der Waals surface area contributed by atoms with Gasteiger partial charge in [-0.05, 0) is 38.4 Å². The van der Waals surface area contributed by atoms with Gasteiger partial charge in [-0.25, -0.2) is 0 Å². The Hall–Kier alpha value is -3.06. The summed E-state index contributed by atoms with van der Waals surface area (Å²) < 4.78 is 10.7. The molecule has 1 aliphatic heterocycles. The van der Waals surface area contributed by atoms with E-state index in [1.807, 2.05) is 19.0 Å². The normalized spacial score (nSPS) is 19.1. The van der Waals surface area contributed by atoms with Crippen LogP contribution in [0.4, 0.5) is 0 Å². The summed E-state index contributed by atoms with van der Waals surface area (Å²) in [6, 6.07) is 9.32. The predicted molar refractivity (Wildman–Crippen MR) is 99.3 cm³/mol. The maximum atomic E-state index is 12.7. The van der Waals surface area contributed by atoms with Crippen LogP contribution in [-0.2, 0) is 9.59 Å². The van der Waals surface area contributed by atoms with Crippen LogP contribution in [0.3, 0.4) is 0 Å². The van der Waals surface area contributed by atoms with Crippen molar-refractivity contribution in [3.8, 4) is 5.75 Å². The number of likely N-dealkylation sites (N-methyl/N-ethyl adjacent to an activating group) is 1. The van der Waals surface area contributed by atoms with Gasteiger partial charge >= 0.3 is 0 Å². The van der Waals surface area contributed by atoms with Crippen LogP contribution in [0.1, 0.15) is 17.4 Å². The Balaban J connectivity index is 2.10. The molecule has 2 heterocycles. The maximum Gasteiger partial charge on any atom is 0.295 e. The van der Waals surface area contributed by atoms with Gasteiger partial charge in [-0.1, -0.05) is 12.1 Å². The van der Waals surface area contributed by atoms with E-state index in [0.717, 1.165) is 0 Å². The fourth-order valence-electron chi connectivity index (χ4n) is 3.09. The quantitative estimate of drug-likeness (QED) is 0.477. The molecule has 1 atom stereocenters. The molecule has 1 saturated heterocycles. The van der Waals surface area contributed by atoms with Gasteiger partial charge in [0.2, 0.25) is 0 Å². The van der Waals surface area contributed by atoms with Crippen molar-refractivity contribution >= 4 is 17.4 Å². The largest absolute Gasteiger partial charge is 0.507 e. The first-order valence-corrected chi connectivity index (χ1v) is 8.55. The highest BCUT2D eigenvalue weighted by molar-refractivity contribution is 6.46. The zero-order valence-corrected chi connectivity index (χ0v) is 15.5. The molecule has 142 valence electrons. The maximum absolute atomic E-state index is 12.7. The highest BCUT2D eigenvalue weighted by atomic mass is 16.5. The number of aliphatic hydroxyl groups excluding tert-OH is 1. The number of hydrogen-bond donors (Lipinski definition) is 1. The van der Waals surface area contributed by atoms with Crippen LogP contribution in [-0.4, -0.2) is 60.9 Å². The van der Waals surface area contributed by atoms with Crippen molar-refractivity contribution in [1.29, 1.82) is 0 Å². The van der Waals surface area contributed by atoms with E-state index in [1.165, 1.54) is 18.3 Å². The zero-order valence-electron chi connectivity index (χ0n) is 15.5. The molecule has 1 fully saturated rings. The average Bonchev–Trinajstić information content (AvgIpc) is 3.27. The van der Waals surface area contributed by atoms with Gasteiger partial charge in [0.15, 0.2) is 0 Å². The summed E-state index contributed by atoms with van der Waals surface area (Å²) in [5.41, 5.74) is 0.415. The van der Waals surface area contributed by atoms with Crippen LogP contribution >= 0.6 is 0 Å². The molecule has 2 aromatic rings. The van der Waals surface area contributed by atoms with E-state index in [0.29, 0.717) is 30.2 Å². The first-order valence-electron chi connectivity index (χ1n) is 8.55. The predicted octanol–water partition coefficient (Wildman–Crippen LogP) is 2.27. The number of amides is 1. The minimum Gasteiger partial charge on any atom is -0.507 e. The van der Waals surface area contributed by atoms with Gasteiger partial charge in [0.1, 0.15) is 23.3 Å². The first-order chi connectivity index (χ1) is 12.9. The number of nitrogens with zero attached hydrogens (tertiary/aromatic N) is 2. The van der Waals surface area contributed by atoms with E-state index in [9.17, 15) is 14.7 Å². The molecule has 1 amide bonds. The molecule has 0 radical (unpaired) electrons. The fourth-order valence-corrected chi connectivity index (χ4v) is 3.09. The Morgan fingerprint density at radius 3 is 2.67 bits per heavy atom. The summed E-state index contributed by atoms with van der Waals surface area (Å²) in [5, 5.41) is 10.9. The molecule has 1 aromatic carbocycles. The summed E-state index contributed by atoms with van der Waals surface area (Å²) in [6.45, 7) is 0.904. The number of aliphatic hydroxyl groups is 1. The number of Topliss-reactive ketones (excluding diaryl/α,β-unsaturated/α-hetero) is 1. The van der Waals surface area contributed by atoms with Crippen molar-refractivity contribution in [3.05, 3.63) is 59.6 Å². The Bertz CT molecular complexity index is 870. The third-order valence-corrected chi connectivity index (χ3v) is 4.48. The van der Waals surface area contributed by atoms with Gasteiger partial charge in [-0.2, -0.15) is 0 Å². The number of furan rings is 1.